The lowest BCUT2D eigenvalue weighted by Gasteiger charge is -1.60. The number of rotatable bonds is 2. The highest BCUT2D eigenvalue weighted by Crippen LogP contribution is 1.68. The Morgan fingerprint density at radius 1 is 1.38 bits per heavy atom. The maximum atomic E-state index is 9.56. The fourth-order valence-corrected chi connectivity index (χ4v) is 0.200. The standard InChI is InChI=1S/C6H6O2/c7-5-3-1-2-4-6-8/h1-3,5-6,8H. The minimum atomic E-state index is 0.648. The Balaban J connectivity index is 3.58. The van der Waals surface area contributed by atoms with E-state index >= 15 is 0 Å². The molecule has 0 aromatic rings. The van der Waals surface area contributed by atoms with Gasteiger partial charge in [-0.2, -0.15) is 0 Å². The summed E-state index contributed by atoms with van der Waals surface area (Å²) in [4.78, 5) is 9.56. The first-order chi connectivity index (χ1) is 3.91. The maximum Gasteiger partial charge on any atom is 0.142 e. The number of carbonyl (C=O) groups is 1. The molecule has 0 bridgehead atoms. The SMILES string of the molecule is O=CC=CC=C=CO. The number of aliphatic hydroxyl groups is 1. The summed E-state index contributed by atoms with van der Waals surface area (Å²) in [5.41, 5.74) is 2.34. The predicted octanol–water partition coefficient (Wildman–Crippen LogP) is 0.968. The highest BCUT2D eigenvalue weighted by Gasteiger charge is 1.56. The van der Waals surface area contributed by atoms with E-state index in [4.69, 9.17) is 5.11 Å². The molecule has 0 amide bonds. The Morgan fingerprint density at radius 3 is 2.62 bits per heavy atom. The summed E-state index contributed by atoms with van der Waals surface area (Å²) in [6.45, 7) is 0. The topological polar surface area (TPSA) is 37.3 Å². The number of hydrogen-bond donors (Lipinski definition) is 1. The van der Waals surface area contributed by atoms with E-state index in [0.29, 0.717) is 6.29 Å². The van der Waals surface area contributed by atoms with E-state index in [1.807, 2.05) is 0 Å². The van der Waals surface area contributed by atoms with E-state index in [1.165, 1.54) is 18.2 Å². The normalized spacial score (nSPS) is 8.00. The Hall–Kier alpha value is -1.27. The van der Waals surface area contributed by atoms with E-state index in [9.17, 15) is 4.79 Å². The van der Waals surface area contributed by atoms with Crippen LogP contribution in [0.25, 0.3) is 0 Å². The molecule has 0 fully saturated rings. The minimum absolute atomic E-state index is 0.648. The first kappa shape index (κ1) is 6.73. The lowest BCUT2D eigenvalue weighted by molar-refractivity contribution is -0.104. The van der Waals surface area contributed by atoms with Crippen LogP contribution in [-0.4, -0.2) is 11.4 Å². The molecule has 1 N–H and O–H groups in total. The molecular weight excluding hydrogens is 104 g/mol. The molecule has 0 rings (SSSR count). The Bertz CT molecular complexity index is 139. The van der Waals surface area contributed by atoms with Crippen molar-refractivity contribution < 1.29 is 9.90 Å². The summed E-state index contributed by atoms with van der Waals surface area (Å²) in [5.74, 6) is 0. The lowest BCUT2D eigenvalue weighted by Crippen LogP contribution is -1.53. The minimum Gasteiger partial charge on any atom is -0.507 e. The van der Waals surface area contributed by atoms with Crippen molar-refractivity contribution in [2.45, 2.75) is 0 Å². The average Bonchev–Trinajstić information content (AvgIpc) is 1.81. The zero-order chi connectivity index (χ0) is 6.24. The summed E-state index contributed by atoms with van der Waals surface area (Å²) >= 11 is 0. The van der Waals surface area contributed by atoms with Crippen molar-refractivity contribution in [2.75, 3.05) is 0 Å². The van der Waals surface area contributed by atoms with Gasteiger partial charge in [-0.3, -0.25) is 4.79 Å². The summed E-state index contributed by atoms with van der Waals surface area (Å²) in [6, 6.07) is 0. The Morgan fingerprint density at radius 2 is 2.12 bits per heavy atom. The van der Waals surface area contributed by atoms with Crippen LogP contribution in [0.2, 0.25) is 0 Å². The molecule has 2 nitrogen and oxygen atoms in total. The molecular formula is C6H6O2. The molecule has 0 radical (unpaired) electrons. The molecule has 0 heterocycles. The van der Waals surface area contributed by atoms with Crippen molar-refractivity contribution in [1.29, 1.82) is 0 Å². The van der Waals surface area contributed by atoms with Crippen molar-refractivity contribution in [2.24, 2.45) is 0 Å². The molecule has 0 aliphatic carbocycles. The molecule has 0 aromatic carbocycles. The van der Waals surface area contributed by atoms with Crippen LogP contribution in [0.4, 0.5) is 0 Å². The third kappa shape index (κ3) is 4.73. The molecule has 42 valence electrons. The molecule has 0 saturated heterocycles. The van der Waals surface area contributed by atoms with Gasteiger partial charge in [0.15, 0.2) is 0 Å². The van der Waals surface area contributed by atoms with Crippen LogP contribution in [0.3, 0.4) is 0 Å². The first-order valence-corrected chi connectivity index (χ1v) is 2.07. The van der Waals surface area contributed by atoms with Crippen molar-refractivity contribution in [3.63, 3.8) is 0 Å². The largest absolute Gasteiger partial charge is 0.507 e. The quantitative estimate of drug-likeness (QED) is 0.189. The van der Waals surface area contributed by atoms with Gasteiger partial charge in [-0.15, -0.1) is 0 Å². The van der Waals surface area contributed by atoms with Crippen LogP contribution < -0.4 is 0 Å². The van der Waals surface area contributed by atoms with Gasteiger partial charge in [0.1, 0.15) is 12.5 Å². The number of aliphatic hydroxyl groups excluding tert-OH is 1. The van der Waals surface area contributed by atoms with Crippen LogP contribution in [0.1, 0.15) is 0 Å². The first-order valence-electron chi connectivity index (χ1n) is 2.07. The molecule has 0 unspecified atom stereocenters. The Labute approximate surface area is 47.5 Å². The molecule has 0 aliphatic heterocycles. The molecule has 0 spiro atoms. The van der Waals surface area contributed by atoms with Crippen LogP contribution in [0.5, 0.6) is 0 Å². The van der Waals surface area contributed by atoms with Crippen molar-refractivity contribution in [3.05, 3.63) is 30.2 Å². The molecule has 0 aromatic heterocycles. The number of allylic oxidation sites excluding steroid dienone is 3. The second-order valence-electron chi connectivity index (χ2n) is 0.983. The lowest BCUT2D eigenvalue weighted by atomic mass is 10.5. The van der Waals surface area contributed by atoms with E-state index in [2.05, 4.69) is 5.73 Å². The Kier molecular flexibility index (Phi) is 4.82. The van der Waals surface area contributed by atoms with Crippen LogP contribution >= 0.6 is 0 Å². The van der Waals surface area contributed by atoms with Gasteiger partial charge >= 0.3 is 0 Å². The molecule has 0 aliphatic rings. The number of carbonyl (C=O) groups excluding carboxylic acids is 1. The zero-order valence-corrected chi connectivity index (χ0v) is 4.24. The van der Waals surface area contributed by atoms with Crippen molar-refractivity contribution in [1.82, 2.24) is 0 Å². The van der Waals surface area contributed by atoms with E-state index in [1.54, 1.807) is 0 Å². The summed E-state index contributed by atoms with van der Waals surface area (Å²) in [7, 11) is 0. The second-order valence-corrected chi connectivity index (χ2v) is 0.983. The summed E-state index contributed by atoms with van der Waals surface area (Å²) in [6.07, 6.45) is 5.62. The molecule has 0 atom stereocenters. The van der Waals surface area contributed by atoms with Crippen molar-refractivity contribution in [3.8, 4) is 0 Å². The maximum absolute atomic E-state index is 9.56. The fraction of sp³-hybridized carbons (Fsp3) is 0. The van der Waals surface area contributed by atoms with Gasteiger partial charge in [0.25, 0.3) is 0 Å². The molecule has 0 saturated carbocycles. The van der Waals surface area contributed by atoms with Gasteiger partial charge in [0.05, 0.1) is 0 Å². The van der Waals surface area contributed by atoms with E-state index in [-0.39, 0.29) is 0 Å². The van der Waals surface area contributed by atoms with E-state index < -0.39 is 0 Å². The van der Waals surface area contributed by atoms with E-state index in [0.717, 1.165) is 6.26 Å². The van der Waals surface area contributed by atoms with Crippen LogP contribution in [-0.2, 0) is 4.79 Å². The molecule has 2 heteroatoms. The third-order valence-corrected chi connectivity index (χ3v) is 0.457. The van der Waals surface area contributed by atoms with Gasteiger partial charge in [0, 0.05) is 0 Å². The summed E-state index contributed by atoms with van der Waals surface area (Å²) < 4.78 is 0. The van der Waals surface area contributed by atoms with Gasteiger partial charge in [-0.05, 0) is 12.2 Å². The number of aldehydes is 1. The predicted molar refractivity (Wildman–Crippen MR) is 30.5 cm³/mol. The average molecular weight is 110 g/mol. The monoisotopic (exact) mass is 110 g/mol. The highest BCUT2D eigenvalue weighted by molar-refractivity contribution is 5.65. The highest BCUT2D eigenvalue weighted by atomic mass is 16.2. The number of hydrogen-bond acceptors (Lipinski definition) is 2. The smallest absolute Gasteiger partial charge is 0.142 e. The van der Waals surface area contributed by atoms with Gasteiger partial charge in [-0.1, -0.05) is 11.8 Å². The van der Waals surface area contributed by atoms with Gasteiger partial charge in [-0.25, -0.2) is 0 Å². The van der Waals surface area contributed by atoms with Gasteiger partial charge < -0.3 is 5.11 Å². The van der Waals surface area contributed by atoms with Crippen LogP contribution in [0.15, 0.2) is 30.2 Å². The third-order valence-electron chi connectivity index (χ3n) is 0.457. The zero-order valence-electron chi connectivity index (χ0n) is 4.24. The van der Waals surface area contributed by atoms with Crippen molar-refractivity contribution >= 4 is 6.29 Å². The second kappa shape index (κ2) is 5.73. The summed E-state index contributed by atoms with van der Waals surface area (Å²) in [5, 5.41) is 7.98. The van der Waals surface area contributed by atoms with Gasteiger partial charge in [0.2, 0.25) is 0 Å². The fourth-order valence-electron chi connectivity index (χ4n) is 0.200. The van der Waals surface area contributed by atoms with Crippen LogP contribution in [0, 0.1) is 0 Å². The molecule has 8 heavy (non-hydrogen) atoms.